The van der Waals surface area contributed by atoms with E-state index in [4.69, 9.17) is 10.5 Å². The van der Waals surface area contributed by atoms with Gasteiger partial charge in [-0.1, -0.05) is 32.9 Å². The van der Waals surface area contributed by atoms with Gasteiger partial charge in [0.05, 0.1) is 6.61 Å². The van der Waals surface area contributed by atoms with Gasteiger partial charge in [-0.2, -0.15) is 0 Å². The maximum atomic E-state index is 5.85. The zero-order valence-electron chi connectivity index (χ0n) is 12.1. The minimum atomic E-state index is 0. The lowest BCUT2D eigenvalue weighted by atomic mass is 9.85. The van der Waals surface area contributed by atoms with E-state index in [1.807, 2.05) is 13.8 Å². The molecule has 0 saturated carbocycles. The van der Waals surface area contributed by atoms with Gasteiger partial charge in [0, 0.05) is 6.04 Å². The molecule has 2 N–H and O–H groups in total. The molecule has 0 aliphatic rings. The molecule has 0 amide bonds. The van der Waals surface area contributed by atoms with Crippen molar-refractivity contribution >= 4 is 12.4 Å². The quantitative estimate of drug-likeness (QED) is 0.906. The van der Waals surface area contributed by atoms with Crippen LogP contribution < -0.4 is 10.5 Å². The number of ether oxygens (including phenoxy) is 1. The molecule has 1 atom stereocenters. The van der Waals surface area contributed by atoms with Crippen molar-refractivity contribution in [2.75, 3.05) is 6.61 Å². The third kappa shape index (κ3) is 4.87. The van der Waals surface area contributed by atoms with Gasteiger partial charge in [-0.15, -0.1) is 12.4 Å². The highest BCUT2D eigenvalue weighted by Gasteiger charge is 2.19. The van der Waals surface area contributed by atoms with E-state index in [1.54, 1.807) is 0 Å². The van der Waals surface area contributed by atoms with Crippen molar-refractivity contribution in [1.29, 1.82) is 0 Å². The zero-order valence-corrected chi connectivity index (χ0v) is 12.9. The second kappa shape index (κ2) is 7.01. The number of halogens is 1. The molecule has 0 bridgehead atoms. The Morgan fingerprint density at radius 1 is 1.28 bits per heavy atom. The lowest BCUT2D eigenvalue weighted by Crippen LogP contribution is -2.19. The molecule has 0 spiro atoms. The predicted molar refractivity (Wildman–Crippen MR) is 80.9 cm³/mol. The summed E-state index contributed by atoms with van der Waals surface area (Å²) in [4.78, 5) is 0. The predicted octanol–water partition coefficient (Wildman–Crippen LogP) is 3.69. The molecule has 0 radical (unpaired) electrons. The topological polar surface area (TPSA) is 35.2 Å². The molecule has 1 aromatic carbocycles. The fourth-order valence-electron chi connectivity index (χ4n) is 1.94. The largest absolute Gasteiger partial charge is 0.494 e. The SMILES string of the molecule is CCOc1ccc(CC(C)N)cc1C(C)(C)C.Cl. The fourth-order valence-corrected chi connectivity index (χ4v) is 1.94. The Hall–Kier alpha value is -0.730. The third-order valence-electron chi connectivity index (χ3n) is 2.71. The van der Waals surface area contributed by atoms with Gasteiger partial charge in [-0.05, 0) is 42.9 Å². The summed E-state index contributed by atoms with van der Waals surface area (Å²) in [5.41, 5.74) is 8.49. The van der Waals surface area contributed by atoms with Crippen molar-refractivity contribution in [3.05, 3.63) is 29.3 Å². The van der Waals surface area contributed by atoms with E-state index in [1.165, 1.54) is 11.1 Å². The number of hydrogen-bond donors (Lipinski definition) is 1. The Kier molecular flexibility index (Phi) is 6.72. The number of benzene rings is 1. The van der Waals surface area contributed by atoms with E-state index >= 15 is 0 Å². The van der Waals surface area contributed by atoms with Crippen LogP contribution in [0.5, 0.6) is 5.75 Å². The Balaban J connectivity index is 0.00000289. The van der Waals surface area contributed by atoms with Crippen LogP contribution in [0.25, 0.3) is 0 Å². The van der Waals surface area contributed by atoms with Crippen LogP contribution in [0.15, 0.2) is 18.2 Å². The lowest BCUT2D eigenvalue weighted by Gasteiger charge is -2.23. The molecule has 1 unspecified atom stereocenters. The van der Waals surface area contributed by atoms with Gasteiger partial charge in [-0.25, -0.2) is 0 Å². The van der Waals surface area contributed by atoms with E-state index in [-0.39, 0.29) is 23.9 Å². The summed E-state index contributed by atoms with van der Waals surface area (Å²) in [5.74, 6) is 0.994. The summed E-state index contributed by atoms with van der Waals surface area (Å²) < 4.78 is 5.69. The summed E-state index contributed by atoms with van der Waals surface area (Å²) in [5, 5.41) is 0. The smallest absolute Gasteiger partial charge is 0.123 e. The van der Waals surface area contributed by atoms with Crippen molar-refractivity contribution in [3.8, 4) is 5.75 Å². The van der Waals surface area contributed by atoms with Gasteiger partial charge in [0.15, 0.2) is 0 Å². The highest BCUT2D eigenvalue weighted by Crippen LogP contribution is 2.32. The van der Waals surface area contributed by atoms with E-state index < -0.39 is 0 Å². The van der Waals surface area contributed by atoms with Crippen LogP contribution in [0.3, 0.4) is 0 Å². The molecule has 0 heterocycles. The second-order valence-electron chi connectivity index (χ2n) is 5.69. The van der Waals surface area contributed by atoms with E-state index in [0.717, 1.165) is 12.2 Å². The third-order valence-corrected chi connectivity index (χ3v) is 2.71. The van der Waals surface area contributed by atoms with E-state index in [9.17, 15) is 0 Å². The summed E-state index contributed by atoms with van der Waals surface area (Å²) in [6.07, 6.45) is 0.912. The molecule has 0 fully saturated rings. The molecule has 0 aliphatic carbocycles. The zero-order chi connectivity index (χ0) is 13.1. The first-order valence-electron chi connectivity index (χ1n) is 6.36. The van der Waals surface area contributed by atoms with Crippen molar-refractivity contribution in [1.82, 2.24) is 0 Å². The number of nitrogens with two attached hydrogens (primary N) is 1. The van der Waals surface area contributed by atoms with Crippen LogP contribution in [0.1, 0.15) is 45.7 Å². The Bertz CT molecular complexity index is 369. The van der Waals surface area contributed by atoms with Crippen molar-refractivity contribution in [2.45, 2.75) is 52.5 Å². The molecule has 0 aromatic heterocycles. The number of rotatable bonds is 4. The average Bonchev–Trinajstić information content (AvgIpc) is 2.18. The van der Waals surface area contributed by atoms with E-state index in [2.05, 4.69) is 39.0 Å². The van der Waals surface area contributed by atoms with Crippen LogP contribution in [0.2, 0.25) is 0 Å². The maximum Gasteiger partial charge on any atom is 0.123 e. The van der Waals surface area contributed by atoms with Crippen molar-refractivity contribution in [3.63, 3.8) is 0 Å². The van der Waals surface area contributed by atoms with Gasteiger partial charge in [-0.3, -0.25) is 0 Å². The van der Waals surface area contributed by atoms with Crippen LogP contribution in [0, 0.1) is 0 Å². The first-order chi connectivity index (χ1) is 7.84. The second-order valence-corrected chi connectivity index (χ2v) is 5.69. The molecule has 104 valence electrons. The summed E-state index contributed by atoms with van der Waals surface area (Å²) in [6.45, 7) is 11.4. The first-order valence-corrected chi connectivity index (χ1v) is 6.36. The van der Waals surface area contributed by atoms with Crippen LogP contribution >= 0.6 is 12.4 Å². The normalized spacial score (nSPS) is 12.8. The van der Waals surface area contributed by atoms with Gasteiger partial charge < -0.3 is 10.5 Å². The van der Waals surface area contributed by atoms with Crippen LogP contribution in [-0.4, -0.2) is 12.6 Å². The first kappa shape index (κ1) is 17.3. The number of hydrogen-bond acceptors (Lipinski definition) is 2. The minimum absolute atomic E-state index is 0. The molecule has 1 rings (SSSR count). The van der Waals surface area contributed by atoms with Gasteiger partial charge >= 0.3 is 0 Å². The van der Waals surface area contributed by atoms with Crippen LogP contribution in [-0.2, 0) is 11.8 Å². The molecule has 3 heteroatoms. The van der Waals surface area contributed by atoms with Gasteiger partial charge in [0.1, 0.15) is 5.75 Å². The maximum absolute atomic E-state index is 5.85. The highest BCUT2D eigenvalue weighted by atomic mass is 35.5. The summed E-state index contributed by atoms with van der Waals surface area (Å²) >= 11 is 0. The lowest BCUT2D eigenvalue weighted by molar-refractivity contribution is 0.329. The summed E-state index contributed by atoms with van der Waals surface area (Å²) in [6, 6.07) is 6.61. The van der Waals surface area contributed by atoms with E-state index in [0.29, 0.717) is 6.61 Å². The molecule has 18 heavy (non-hydrogen) atoms. The Labute approximate surface area is 117 Å². The monoisotopic (exact) mass is 271 g/mol. The van der Waals surface area contributed by atoms with Crippen molar-refractivity contribution in [2.24, 2.45) is 5.73 Å². The Morgan fingerprint density at radius 3 is 2.33 bits per heavy atom. The molecule has 2 nitrogen and oxygen atoms in total. The molecular formula is C15H26ClNO. The molecule has 0 aliphatic heterocycles. The highest BCUT2D eigenvalue weighted by molar-refractivity contribution is 5.85. The molecule has 1 aromatic rings. The Morgan fingerprint density at radius 2 is 1.89 bits per heavy atom. The molecular weight excluding hydrogens is 246 g/mol. The fraction of sp³-hybridized carbons (Fsp3) is 0.600. The summed E-state index contributed by atoms with van der Waals surface area (Å²) in [7, 11) is 0. The van der Waals surface area contributed by atoms with Gasteiger partial charge in [0.25, 0.3) is 0 Å². The standard InChI is InChI=1S/C15H25NO.ClH/c1-6-17-14-8-7-12(9-11(2)16)10-13(14)15(3,4)5;/h7-8,10-11H,6,9,16H2,1-5H3;1H. The van der Waals surface area contributed by atoms with Crippen molar-refractivity contribution < 1.29 is 4.74 Å². The minimum Gasteiger partial charge on any atom is -0.494 e. The average molecular weight is 272 g/mol. The van der Waals surface area contributed by atoms with Crippen LogP contribution in [0.4, 0.5) is 0 Å². The van der Waals surface area contributed by atoms with Gasteiger partial charge in [0.2, 0.25) is 0 Å². The molecule has 0 saturated heterocycles.